The van der Waals surface area contributed by atoms with E-state index < -0.39 is 5.82 Å². The van der Waals surface area contributed by atoms with Crippen molar-refractivity contribution in [3.8, 4) is 0 Å². The lowest BCUT2D eigenvalue weighted by Crippen LogP contribution is -2.37. The second-order valence-electron chi connectivity index (χ2n) is 6.63. The molecular formula is C18H25Cl3FN7O2. The average Bonchev–Trinajstić information content (AvgIpc) is 2.67. The normalized spacial score (nSPS) is 13.8. The molecule has 0 aliphatic carbocycles. The Hall–Kier alpha value is -2.08. The van der Waals surface area contributed by atoms with Crippen LogP contribution in [-0.2, 0) is 0 Å². The van der Waals surface area contributed by atoms with Crippen molar-refractivity contribution in [3.63, 3.8) is 0 Å². The highest BCUT2D eigenvalue weighted by atomic mass is 35.5. The van der Waals surface area contributed by atoms with Crippen LogP contribution in [0.25, 0.3) is 11.0 Å². The lowest BCUT2D eigenvalue weighted by molar-refractivity contribution is 0.263. The first kappa shape index (κ1) is 28.9. The van der Waals surface area contributed by atoms with Gasteiger partial charge in [0.2, 0.25) is 5.95 Å². The van der Waals surface area contributed by atoms with Gasteiger partial charge in [-0.1, -0.05) is 11.6 Å². The van der Waals surface area contributed by atoms with Crippen molar-refractivity contribution in [1.82, 2.24) is 24.8 Å². The summed E-state index contributed by atoms with van der Waals surface area (Å²) < 4.78 is 13.4. The van der Waals surface area contributed by atoms with Crippen molar-refractivity contribution in [2.45, 2.75) is 18.9 Å². The average molecular weight is 497 g/mol. The van der Waals surface area contributed by atoms with Gasteiger partial charge in [-0.15, -0.1) is 24.8 Å². The van der Waals surface area contributed by atoms with E-state index >= 15 is 0 Å². The number of halogens is 4. The van der Waals surface area contributed by atoms with Gasteiger partial charge in [-0.3, -0.25) is 0 Å². The predicted octanol–water partition coefficient (Wildman–Crippen LogP) is 2.66. The summed E-state index contributed by atoms with van der Waals surface area (Å²) in [5.74, 6) is 0.588. The van der Waals surface area contributed by atoms with E-state index in [9.17, 15) is 4.39 Å². The van der Waals surface area contributed by atoms with E-state index in [4.69, 9.17) is 11.6 Å². The zero-order chi connectivity index (χ0) is 18.8. The Morgan fingerprint density at radius 1 is 1.10 bits per heavy atom. The summed E-state index contributed by atoms with van der Waals surface area (Å²) >= 11 is 5.86. The second-order valence-corrected chi connectivity index (χ2v) is 7.03. The fraction of sp³-hybridized carbons (Fsp3) is 0.333. The quantitative estimate of drug-likeness (QED) is 0.565. The molecule has 4 rings (SSSR count). The van der Waals surface area contributed by atoms with Crippen LogP contribution in [0.1, 0.15) is 12.8 Å². The van der Waals surface area contributed by atoms with Crippen molar-refractivity contribution in [2.75, 3.05) is 30.8 Å². The molecule has 1 saturated heterocycles. The highest BCUT2D eigenvalue weighted by molar-refractivity contribution is 6.31. The molecule has 2 aromatic heterocycles. The summed E-state index contributed by atoms with van der Waals surface area (Å²) in [5.41, 5.74) is 1.82. The number of nitrogens with one attached hydrogen (secondary N) is 2. The highest BCUT2D eigenvalue weighted by Crippen LogP contribution is 2.25. The first-order valence-corrected chi connectivity index (χ1v) is 9.11. The van der Waals surface area contributed by atoms with Crippen LogP contribution in [0, 0.1) is 5.82 Å². The minimum atomic E-state index is -0.471. The van der Waals surface area contributed by atoms with Crippen molar-refractivity contribution in [3.05, 3.63) is 41.6 Å². The molecule has 0 saturated carbocycles. The van der Waals surface area contributed by atoms with Crippen LogP contribution in [0.5, 0.6) is 0 Å². The van der Waals surface area contributed by atoms with E-state index in [1.54, 1.807) is 12.3 Å². The largest absolute Gasteiger partial charge is 0.412 e. The number of likely N-dealkylation sites (tertiary alicyclic amines) is 1. The molecule has 0 unspecified atom stereocenters. The van der Waals surface area contributed by atoms with Gasteiger partial charge in [0.05, 0.1) is 11.2 Å². The van der Waals surface area contributed by atoms with Gasteiger partial charge in [0.15, 0.2) is 5.82 Å². The third-order valence-electron chi connectivity index (χ3n) is 4.61. The maximum Gasteiger partial charge on any atom is 0.223 e. The molecule has 172 valence electrons. The molecule has 0 bridgehead atoms. The Labute approximate surface area is 196 Å². The molecule has 31 heavy (non-hydrogen) atoms. The number of hydrogen-bond donors (Lipinski definition) is 2. The summed E-state index contributed by atoms with van der Waals surface area (Å²) in [5, 5.41) is 6.56. The molecule has 0 atom stereocenters. The summed E-state index contributed by atoms with van der Waals surface area (Å²) in [6, 6.07) is 4.74. The Morgan fingerprint density at radius 3 is 2.48 bits per heavy atom. The van der Waals surface area contributed by atoms with Gasteiger partial charge in [-0.05, 0) is 51.2 Å². The summed E-state index contributed by atoms with van der Waals surface area (Å²) in [6.45, 7) is 2.10. The molecule has 0 amide bonds. The molecule has 9 nitrogen and oxygen atoms in total. The van der Waals surface area contributed by atoms with Crippen LogP contribution >= 0.6 is 36.4 Å². The zero-order valence-electron chi connectivity index (χ0n) is 16.6. The Morgan fingerprint density at radius 2 is 1.81 bits per heavy atom. The van der Waals surface area contributed by atoms with Crippen LogP contribution in [0.3, 0.4) is 0 Å². The number of fused-ring (bicyclic) bond motifs is 1. The Kier molecular flexibility index (Phi) is 11.8. The molecule has 1 aliphatic rings. The predicted molar refractivity (Wildman–Crippen MR) is 126 cm³/mol. The van der Waals surface area contributed by atoms with Crippen LogP contribution < -0.4 is 10.6 Å². The fourth-order valence-corrected chi connectivity index (χ4v) is 3.24. The number of hydrogen-bond acceptors (Lipinski definition) is 7. The lowest BCUT2D eigenvalue weighted by Gasteiger charge is -2.29. The van der Waals surface area contributed by atoms with E-state index in [-0.39, 0.29) is 40.8 Å². The third-order valence-corrected chi connectivity index (χ3v) is 4.90. The third kappa shape index (κ3) is 6.96. The number of nitrogens with zero attached hydrogens (tertiary/aromatic N) is 5. The number of benzene rings is 1. The number of piperidine rings is 1. The van der Waals surface area contributed by atoms with Crippen molar-refractivity contribution >= 4 is 64.9 Å². The summed E-state index contributed by atoms with van der Waals surface area (Å²) in [4.78, 5) is 19.8. The van der Waals surface area contributed by atoms with Crippen molar-refractivity contribution < 1.29 is 15.3 Å². The minimum absolute atomic E-state index is 0. The van der Waals surface area contributed by atoms with Gasteiger partial charge in [0, 0.05) is 11.7 Å². The highest BCUT2D eigenvalue weighted by Gasteiger charge is 2.18. The second kappa shape index (κ2) is 12.7. The lowest BCUT2D eigenvalue weighted by atomic mass is 10.1. The monoisotopic (exact) mass is 495 g/mol. The first-order chi connectivity index (χ1) is 13.1. The smallest absolute Gasteiger partial charge is 0.223 e. The molecule has 3 heterocycles. The first-order valence-electron chi connectivity index (χ1n) is 8.73. The Bertz CT molecular complexity index is 978. The van der Waals surface area contributed by atoms with Gasteiger partial charge in [-0.2, -0.15) is 0 Å². The number of rotatable bonds is 4. The Balaban J connectivity index is 0.00000225. The SMILES string of the molecule is CN1CCC(Nc2ncc3ncnc(Nc4ccc(F)c(Cl)c4)c3n2)CC1.Cl.Cl.O.O. The summed E-state index contributed by atoms with van der Waals surface area (Å²) in [6.07, 6.45) is 5.19. The molecule has 3 aromatic rings. The molecule has 6 N–H and O–H groups in total. The number of aromatic nitrogens is 4. The minimum Gasteiger partial charge on any atom is -0.412 e. The van der Waals surface area contributed by atoms with Crippen LogP contribution in [0.15, 0.2) is 30.7 Å². The van der Waals surface area contributed by atoms with Gasteiger partial charge < -0.3 is 26.5 Å². The van der Waals surface area contributed by atoms with E-state index in [2.05, 4.69) is 42.5 Å². The van der Waals surface area contributed by atoms with Crippen molar-refractivity contribution in [2.24, 2.45) is 0 Å². The van der Waals surface area contributed by atoms with Gasteiger partial charge in [0.1, 0.15) is 23.2 Å². The van der Waals surface area contributed by atoms with E-state index in [0.29, 0.717) is 34.5 Å². The molecule has 1 aromatic carbocycles. The molecule has 1 aliphatic heterocycles. The van der Waals surface area contributed by atoms with Crippen LogP contribution in [0.2, 0.25) is 5.02 Å². The molecule has 0 spiro atoms. The van der Waals surface area contributed by atoms with Crippen LogP contribution in [-0.4, -0.2) is 62.0 Å². The number of anilines is 3. The molecule has 13 heteroatoms. The van der Waals surface area contributed by atoms with E-state index in [1.165, 1.54) is 18.5 Å². The van der Waals surface area contributed by atoms with Gasteiger partial charge >= 0.3 is 0 Å². The standard InChI is InChI=1S/C18H19ClFN7.2ClH.2H2O/c1-27-6-4-11(5-7-27)25-18-21-9-15-16(26-18)17(23-10-22-15)24-12-2-3-14(20)13(19)8-12;;;;/h2-3,8-11H,4-7H2,1H3,(H,21,25,26)(H,22,23,24);2*1H;2*1H2. The van der Waals surface area contributed by atoms with Gasteiger partial charge in [0.25, 0.3) is 0 Å². The summed E-state index contributed by atoms with van der Waals surface area (Å²) in [7, 11) is 2.12. The van der Waals surface area contributed by atoms with Gasteiger partial charge in [-0.25, -0.2) is 24.3 Å². The maximum absolute atomic E-state index is 13.4. The molecule has 0 radical (unpaired) electrons. The topological polar surface area (TPSA) is 142 Å². The van der Waals surface area contributed by atoms with E-state index in [0.717, 1.165) is 25.9 Å². The molecule has 1 fully saturated rings. The maximum atomic E-state index is 13.4. The molecular weight excluding hydrogens is 472 g/mol. The zero-order valence-corrected chi connectivity index (χ0v) is 19.0. The van der Waals surface area contributed by atoms with E-state index in [1.807, 2.05) is 0 Å². The van der Waals surface area contributed by atoms with Crippen molar-refractivity contribution in [1.29, 1.82) is 0 Å². The van der Waals surface area contributed by atoms with Crippen LogP contribution in [0.4, 0.5) is 21.8 Å². The fourth-order valence-electron chi connectivity index (χ4n) is 3.06.